The second kappa shape index (κ2) is 10.3. The van der Waals surface area contributed by atoms with Gasteiger partial charge in [-0.1, -0.05) is 24.6 Å². The van der Waals surface area contributed by atoms with E-state index in [2.05, 4.69) is 30.2 Å². The molecule has 0 radical (unpaired) electrons. The van der Waals surface area contributed by atoms with E-state index in [1.54, 1.807) is 32.0 Å². The number of aromatic nitrogens is 5. The first-order valence-electron chi connectivity index (χ1n) is 11.1. The lowest BCUT2D eigenvalue weighted by atomic mass is 10.1. The molecule has 12 nitrogen and oxygen atoms in total. The van der Waals surface area contributed by atoms with Crippen molar-refractivity contribution in [1.82, 2.24) is 30.0 Å². The SMILES string of the molecule is COc1cccc(OC)c1-n1c(NS(=O)(=O)[C@@H](C)[C@H](C)c2ncc(Cl)cn2)nnc1[C@H]1CCC(=O)N1. The average molecular weight is 536 g/mol. The normalized spacial score (nSPS) is 17.4. The summed E-state index contributed by atoms with van der Waals surface area (Å²) in [6, 6.07) is 4.67. The van der Waals surface area contributed by atoms with Crippen molar-refractivity contribution in [2.24, 2.45) is 0 Å². The van der Waals surface area contributed by atoms with Gasteiger partial charge in [0.25, 0.3) is 0 Å². The van der Waals surface area contributed by atoms with Gasteiger partial charge in [0, 0.05) is 24.7 Å². The number of carbonyl (C=O) groups excluding carboxylic acids is 1. The molecule has 1 saturated heterocycles. The third-order valence-electron chi connectivity index (χ3n) is 6.10. The molecule has 2 aromatic heterocycles. The smallest absolute Gasteiger partial charge is 0.243 e. The lowest BCUT2D eigenvalue weighted by Crippen LogP contribution is -2.31. The van der Waals surface area contributed by atoms with E-state index in [1.807, 2.05) is 0 Å². The van der Waals surface area contributed by atoms with Crippen LogP contribution in [0.15, 0.2) is 30.6 Å². The maximum atomic E-state index is 13.5. The zero-order valence-electron chi connectivity index (χ0n) is 20.1. The second-order valence-corrected chi connectivity index (χ2v) is 10.8. The highest BCUT2D eigenvalue weighted by atomic mass is 35.5. The standard InChI is InChI=1S/C22H26ClN7O5S/c1-12(20-24-10-14(23)11-25-20)13(2)36(32,33)29-22-28-27-21(15-8-9-18(31)26-15)30(22)19-16(34-3)6-5-7-17(19)35-4/h5-7,10-13,15H,8-9H2,1-4H3,(H,26,31)(H,28,29)/t12-,13-,15+/m0/s1. The van der Waals surface area contributed by atoms with Crippen molar-refractivity contribution in [3.05, 3.63) is 47.3 Å². The van der Waals surface area contributed by atoms with Crippen molar-refractivity contribution in [1.29, 1.82) is 0 Å². The summed E-state index contributed by atoms with van der Waals surface area (Å²) in [5, 5.41) is 10.6. The number of sulfonamides is 1. The Morgan fingerprint density at radius 3 is 2.33 bits per heavy atom. The van der Waals surface area contributed by atoms with Crippen LogP contribution in [0.3, 0.4) is 0 Å². The molecule has 1 aliphatic heterocycles. The number of nitrogens with one attached hydrogen (secondary N) is 2. The number of carbonyl (C=O) groups is 1. The van der Waals surface area contributed by atoms with Crippen molar-refractivity contribution < 1.29 is 22.7 Å². The van der Waals surface area contributed by atoms with Crippen LogP contribution in [0.2, 0.25) is 5.02 Å². The van der Waals surface area contributed by atoms with Crippen LogP contribution in [0.5, 0.6) is 11.5 Å². The highest BCUT2D eigenvalue weighted by Crippen LogP contribution is 2.38. The molecule has 0 saturated carbocycles. The van der Waals surface area contributed by atoms with Gasteiger partial charge in [0.15, 0.2) is 5.82 Å². The van der Waals surface area contributed by atoms with Gasteiger partial charge in [0.2, 0.25) is 21.9 Å². The minimum Gasteiger partial charge on any atom is -0.494 e. The summed E-state index contributed by atoms with van der Waals surface area (Å²) in [4.78, 5) is 20.2. The van der Waals surface area contributed by atoms with Gasteiger partial charge in [0.1, 0.15) is 23.0 Å². The molecule has 1 amide bonds. The van der Waals surface area contributed by atoms with Gasteiger partial charge in [-0.15, -0.1) is 10.2 Å². The number of benzene rings is 1. The lowest BCUT2D eigenvalue weighted by Gasteiger charge is -2.22. The summed E-state index contributed by atoms with van der Waals surface area (Å²) in [6.07, 6.45) is 3.62. The Morgan fingerprint density at radius 1 is 1.14 bits per heavy atom. The van der Waals surface area contributed by atoms with E-state index >= 15 is 0 Å². The number of hydrogen-bond donors (Lipinski definition) is 2. The van der Waals surface area contributed by atoms with Crippen LogP contribution in [-0.2, 0) is 14.8 Å². The molecule has 14 heteroatoms. The molecule has 0 bridgehead atoms. The monoisotopic (exact) mass is 535 g/mol. The third-order valence-corrected chi connectivity index (χ3v) is 8.14. The van der Waals surface area contributed by atoms with E-state index in [0.29, 0.717) is 46.7 Å². The van der Waals surface area contributed by atoms with E-state index in [1.165, 1.54) is 31.2 Å². The second-order valence-electron chi connectivity index (χ2n) is 8.29. The van der Waals surface area contributed by atoms with E-state index in [9.17, 15) is 13.2 Å². The molecule has 3 atom stereocenters. The summed E-state index contributed by atoms with van der Waals surface area (Å²) in [6.45, 7) is 3.26. The molecule has 3 heterocycles. The molecule has 0 aliphatic carbocycles. The van der Waals surface area contributed by atoms with Crippen LogP contribution < -0.4 is 19.5 Å². The van der Waals surface area contributed by atoms with E-state index < -0.39 is 27.2 Å². The minimum atomic E-state index is -4.02. The van der Waals surface area contributed by atoms with Gasteiger partial charge in [-0.05, 0) is 25.5 Å². The fraction of sp³-hybridized carbons (Fsp3) is 0.409. The van der Waals surface area contributed by atoms with Crippen LogP contribution >= 0.6 is 11.6 Å². The molecular weight excluding hydrogens is 510 g/mol. The highest BCUT2D eigenvalue weighted by Gasteiger charge is 2.35. The molecular formula is C22H26ClN7O5S. The quantitative estimate of drug-likeness (QED) is 0.421. The van der Waals surface area contributed by atoms with Crippen LogP contribution in [-0.4, -0.2) is 58.5 Å². The van der Waals surface area contributed by atoms with Crippen LogP contribution in [0, 0.1) is 0 Å². The number of para-hydroxylation sites is 1. The highest BCUT2D eigenvalue weighted by molar-refractivity contribution is 7.93. The first-order valence-corrected chi connectivity index (χ1v) is 13.0. The Kier molecular flexibility index (Phi) is 7.31. The van der Waals surface area contributed by atoms with Gasteiger partial charge in [-0.25, -0.2) is 18.4 Å². The average Bonchev–Trinajstić information content (AvgIpc) is 3.48. The number of ether oxygens (including phenoxy) is 2. The number of methoxy groups -OCH3 is 2. The largest absolute Gasteiger partial charge is 0.494 e. The van der Waals surface area contributed by atoms with Gasteiger partial charge in [-0.2, -0.15) is 0 Å². The van der Waals surface area contributed by atoms with Crippen LogP contribution in [0.1, 0.15) is 50.3 Å². The van der Waals surface area contributed by atoms with Crippen molar-refractivity contribution in [3.8, 4) is 17.2 Å². The van der Waals surface area contributed by atoms with E-state index in [0.717, 1.165) is 0 Å². The number of halogens is 1. The molecule has 1 fully saturated rings. The Hall–Kier alpha value is -3.45. The Morgan fingerprint density at radius 2 is 1.78 bits per heavy atom. The van der Waals surface area contributed by atoms with Gasteiger partial charge < -0.3 is 14.8 Å². The van der Waals surface area contributed by atoms with Crippen molar-refractivity contribution in [2.75, 3.05) is 18.9 Å². The topological polar surface area (TPSA) is 150 Å². The zero-order valence-corrected chi connectivity index (χ0v) is 21.7. The Bertz CT molecular complexity index is 1340. The fourth-order valence-electron chi connectivity index (χ4n) is 3.92. The van der Waals surface area contributed by atoms with Gasteiger partial charge in [-0.3, -0.25) is 14.1 Å². The summed E-state index contributed by atoms with van der Waals surface area (Å²) in [5.74, 6) is 0.694. The number of hydrogen-bond acceptors (Lipinski definition) is 9. The summed E-state index contributed by atoms with van der Waals surface area (Å²) >= 11 is 5.86. The summed E-state index contributed by atoms with van der Waals surface area (Å²) < 4.78 is 42.0. The molecule has 0 unspecified atom stereocenters. The number of nitrogens with zero attached hydrogens (tertiary/aromatic N) is 5. The first-order chi connectivity index (χ1) is 17.2. The third kappa shape index (κ3) is 4.93. The number of rotatable bonds is 9. The Labute approximate surface area is 213 Å². The predicted molar refractivity (Wildman–Crippen MR) is 132 cm³/mol. The Balaban J connectivity index is 1.77. The van der Waals surface area contributed by atoms with E-state index in [4.69, 9.17) is 21.1 Å². The van der Waals surface area contributed by atoms with Crippen LogP contribution in [0.25, 0.3) is 5.69 Å². The van der Waals surface area contributed by atoms with Crippen molar-refractivity contribution >= 4 is 33.5 Å². The number of anilines is 1. The fourth-order valence-corrected chi connectivity index (χ4v) is 5.25. The molecule has 2 N–H and O–H groups in total. The molecule has 36 heavy (non-hydrogen) atoms. The van der Waals surface area contributed by atoms with Gasteiger partial charge in [0.05, 0.1) is 30.5 Å². The maximum absolute atomic E-state index is 13.5. The summed E-state index contributed by atoms with van der Waals surface area (Å²) in [5.41, 5.74) is 0.392. The number of amides is 1. The first kappa shape index (κ1) is 25.6. The van der Waals surface area contributed by atoms with Gasteiger partial charge >= 0.3 is 0 Å². The minimum absolute atomic E-state index is 0.0787. The zero-order chi connectivity index (χ0) is 26.0. The van der Waals surface area contributed by atoms with E-state index in [-0.39, 0.29) is 11.9 Å². The maximum Gasteiger partial charge on any atom is 0.243 e. The molecule has 4 rings (SSSR count). The molecule has 3 aromatic rings. The van der Waals surface area contributed by atoms with Crippen LogP contribution in [0.4, 0.5) is 5.95 Å². The predicted octanol–water partition coefficient (Wildman–Crippen LogP) is 2.61. The summed E-state index contributed by atoms with van der Waals surface area (Å²) in [7, 11) is -1.05. The molecule has 0 spiro atoms. The molecule has 1 aromatic carbocycles. The lowest BCUT2D eigenvalue weighted by molar-refractivity contribution is -0.119. The van der Waals surface area contributed by atoms with Crippen molar-refractivity contribution in [2.45, 2.75) is 43.9 Å². The van der Waals surface area contributed by atoms with Crippen molar-refractivity contribution in [3.63, 3.8) is 0 Å². The molecule has 1 aliphatic rings. The molecule has 192 valence electrons.